The molecule has 3 heterocycles. The number of pyridine rings is 1. The van der Waals surface area contributed by atoms with Gasteiger partial charge in [0.1, 0.15) is 0 Å². The summed E-state index contributed by atoms with van der Waals surface area (Å²) in [6.07, 6.45) is 5.53. The van der Waals surface area contributed by atoms with Gasteiger partial charge in [-0.15, -0.1) is 0 Å². The first kappa shape index (κ1) is 12.6. The second kappa shape index (κ2) is 5.29. The van der Waals surface area contributed by atoms with E-state index in [0.717, 1.165) is 23.8 Å². The standard InChI is InChI=1S/C15H22N4/c1-12(2)18-9-6-13(7-10-18)11-14-16-15-5-3-4-8-19(15)17-14/h3-5,8,12-13H,6-7,9-11H2,1-2H3. The van der Waals surface area contributed by atoms with Crippen LogP contribution in [0.1, 0.15) is 32.5 Å². The molecule has 1 aliphatic heterocycles. The highest BCUT2D eigenvalue weighted by atomic mass is 15.3. The van der Waals surface area contributed by atoms with Crippen molar-refractivity contribution in [1.29, 1.82) is 0 Å². The fourth-order valence-corrected chi connectivity index (χ4v) is 2.90. The number of likely N-dealkylation sites (tertiary alicyclic amines) is 1. The average molecular weight is 258 g/mol. The molecular formula is C15H22N4. The summed E-state index contributed by atoms with van der Waals surface area (Å²) in [5.41, 5.74) is 0.956. The van der Waals surface area contributed by atoms with Crippen LogP contribution in [-0.4, -0.2) is 38.6 Å². The molecular weight excluding hydrogens is 236 g/mol. The lowest BCUT2D eigenvalue weighted by Gasteiger charge is -2.34. The number of hydrogen-bond acceptors (Lipinski definition) is 3. The molecule has 0 unspecified atom stereocenters. The van der Waals surface area contributed by atoms with Crippen molar-refractivity contribution in [3.05, 3.63) is 30.2 Å². The van der Waals surface area contributed by atoms with Gasteiger partial charge in [-0.25, -0.2) is 9.50 Å². The summed E-state index contributed by atoms with van der Waals surface area (Å²) in [7, 11) is 0. The van der Waals surface area contributed by atoms with E-state index in [2.05, 4.69) is 28.8 Å². The van der Waals surface area contributed by atoms with Gasteiger partial charge in [-0.05, 0) is 57.8 Å². The zero-order valence-corrected chi connectivity index (χ0v) is 11.8. The first-order chi connectivity index (χ1) is 9.22. The molecule has 2 aromatic heterocycles. The van der Waals surface area contributed by atoms with Gasteiger partial charge in [0.25, 0.3) is 0 Å². The molecule has 0 spiro atoms. The van der Waals surface area contributed by atoms with Crippen molar-refractivity contribution >= 4 is 5.65 Å². The van der Waals surface area contributed by atoms with Gasteiger partial charge in [0.2, 0.25) is 0 Å². The van der Waals surface area contributed by atoms with E-state index in [0.29, 0.717) is 6.04 Å². The first-order valence-electron chi connectivity index (χ1n) is 7.26. The summed E-state index contributed by atoms with van der Waals surface area (Å²) in [5.74, 6) is 1.74. The average Bonchev–Trinajstić information content (AvgIpc) is 2.81. The number of fused-ring (bicyclic) bond motifs is 1. The van der Waals surface area contributed by atoms with E-state index in [4.69, 9.17) is 0 Å². The van der Waals surface area contributed by atoms with Crippen molar-refractivity contribution in [3.63, 3.8) is 0 Å². The van der Waals surface area contributed by atoms with Crippen LogP contribution in [0, 0.1) is 5.92 Å². The largest absolute Gasteiger partial charge is 0.301 e. The van der Waals surface area contributed by atoms with Gasteiger partial charge in [0, 0.05) is 18.7 Å². The van der Waals surface area contributed by atoms with E-state index < -0.39 is 0 Å². The van der Waals surface area contributed by atoms with E-state index in [1.54, 1.807) is 0 Å². The van der Waals surface area contributed by atoms with Crippen molar-refractivity contribution < 1.29 is 0 Å². The number of nitrogens with zero attached hydrogens (tertiary/aromatic N) is 4. The van der Waals surface area contributed by atoms with Crippen LogP contribution < -0.4 is 0 Å². The van der Waals surface area contributed by atoms with E-state index in [1.165, 1.54) is 25.9 Å². The minimum Gasteiger partial charge on any atom is -0.301 e. The Morgan fingerprint density at radius 2 is 2.05 bits per heavy atom. The lowest BCUT2D eigenvalue weighted by molar-refractivity contribution is 0.148. The van der Waals surface area contributed by atoms with E-state index in [1.807, 2.05) is 28.9 Å². The van der Waals surface area contributed by atoms with Crippen molar-refractivity contribution in [3.8, 4) is 0 Å². The van der Waals surface area contributed by atoms with E-state index in [9.17, 15) is 0 Å². The smallest absolute Gasteiger partial charge is 0.155 e. The molecule has 0 saturated carbocycles. The Hall–Kier alpha value is -1.42. The fourth-order valence-electron chi connectivity index (χ4n) is 2.90. The van der Waals surface area contributed by atoms with Crippen LogP contribution in [-0.2, 0) is 6.42 Å². The fraction of sp³-hybridized carbons (Fsp3) is 0.600. The number of rotatable bonds is 3. The zero-order chi connectivity index (χ0) is 13.2. The Morgan fingerprint density at radius 1 is 1.26 bits per heavy atom. The maximum absolute atomic E-state index is 4.60. The molecule has 0 bridgehead atoms. The monoisotopic (exact) mass is 258 g/mol. The van der Waals surface area contributed by atoms with Crippen molar-refractivity contribution in [2.75, 3.05) is 13.1 Å². The quantitative estimate of drug-likeness (QED) is 0.847. The predicted octanol–water partition coefficient (Wildman–Crippen LogP) is 2.39. The van der Waals surface area contributed by atoms with Gasteiger partial charge >= 0.3 is 0 Å². The van der Waals surface area contributed by atoms with Crippen LogP contribution >= 0.6 is 0 Å². The molecule has 1 aliphatic rings. The second-order valence-electron chi connectivity index (χ2n) is 5.81. The normalized spacial score (nSPS) is 18.5. The van der Waals surface area contributed by atoms with Crippen LogP contribution in [0.25, 0.3) is 5.65 Å². The molecule has 4 nitrogen and oxygen atoms in total. The van der Waals surface area contributed by atoms with Crippen LogP contribution in [0.15, 0.2) is 24.4 Å². The Balaban J connectivity index is 1.63. The summed E-state index contributed by atoms with van der Waals surface area (Å²) in [5, 5.41) is 4.55. The zero-order valence-electron chi connectivity index (χ0n) is 11.8. The lowest BCUT2D eigenvalue weighted by atomic mass is 9.93. The Morgan fingerprint density at radius 3 is 2.74 bits per heavy atom. The summed E-state index contributed by atoms with van der Waals surface area (Å²) in [6.45, 7) is 7.00. The van der Waals surface area contributed by atoms with Gasteiger partial charge in [0.15, 0.2) is 11.5 Å². The number of piperidine rings is 1. The highest BCUT2D eigenvalue weighted by Gasteiger charge is 2.22. The summed E-state index contributed by atoms with van der Waals surface area (Å²) in [4.78, 5) is 7.16. The maximum Gasteiger partial charge on any atom is 0.155 e. The van der Waals surface area contributed by atoms with E-state index >= 15 is 0 Å². The Kier molecular flexibility index (Phi) is 3.51. The molecule has 0 N–H and O–H groups in total. The van der Waals surface area contributed by atoms with Crippen LogP contribution in [0.3, 0.4) is 0 Å². The van der Waals surface area contributed by atoms with E-state index in [-0.39, 0.29) is 0 Å². The third-order valence-corrected chi connectivity index (χ3v) is 4.14. The highest BCUT2D eigenvalue weighted by Crippen LogP contribution is 2.21. The SMILES string of the molecule is CC(C)N1CCC(Cc2nc3ccccn3n2)CC1. The van der Waals surface area contributed by atoms with Crippen LogP contribution in [0.2, 0.25) is 0 Å². The van der Waals surface area contributed by atoms with Crippen molar-refractivity contribution in [2.24, 2.45) is 5.92 Å². The van der Waals surface area contributed by atoms with Gasteiger partial charge in [-0.2, -0.15) is 5.10 Å². The Bertz CT molecular complexity index is 505. The maximum atomic E-state index is 4.60. The third kappa shape index (κ3) is 2.78. The first-order valence-corrected chi connectivity index (χ1v) is 7.26. The topological polar surface area (TPSA) is 33.4 Å². The molecule has 1 fully saturated rings. The molecule has 3 rings (SSSR count). The van der Waals surface area contributed by atoms with Gasteiger partial charge < -0.3 is 4.90 Å². The molecule has 0 aromatic carbocycles. The highest BCUT2D eigenvalue weighted by molar-refractivity contribution is 5.36. The molecule has 19 heavy (non-hydrogen) atoms. The number of hydrogen-bond donors (Lipinski definition) is 0. The lowest BCUT2D eigenvalue weighted by Crippen LogP contribution is -2.38. The molecule has 0 amide bonds. The molecule has 0 atom stereocenters. The van der Waals surface area contributed by atoms with Crippen molar-refractivity contribution in [2.45, 2.75) is 39.2 Å². The summed E-state index contributed by atoms with van der Waals surface area (Å²) in [6, 6.07) is 6.69. The van der Waals surface area contributed by atoms with Crippen LogP contribution in [0.5, 0.6) is 0 Å². The van der Waals surface area contributed by atoms with Gasteiger partial charge in [-0.1, -0.05) is 6.07 Å². The molecule has 0 radical (unpaired) electrons. The molecule has 4 heteroatoms. The molecule has 2 aromatic rings. The Labute approximate surface area is 114 Å². The van der Waals surface area contributed by atoms with Crippen LogP contribution in [0.4, 0.5) is 0 Å². The molecule has 0 aliphatic carbocycles. The summed E-state index contributed by atoms with van der Waals surface area (Å²) < 4.78 is 1.87. The van der Waals surface area contributed by atoms with Gasteiger partial charge in [0.05, 0.1) is 0 Å². The second-order valence-corrected chi connectivity index (χ2v) is 5.81. The third-order valence-electron chi connectivity index (χ3n) is 4.14. The molecule has 102 valence electrons. The number of aromatic nitrogens is 3. The minimum absolute atomic E-state index is 0.675. The summed E-state index contributed by atoms with van der Waals surface area (Å²) >= 11 is 0. The van der Waals surface area contributed by atoms with Crippen molar-refractivity contribution in [1.82, 2.24) is 19.5 Å². The minimum atomic E-state index is 0.675. The predicted molar refractivity (Wildman–Crippen MR) is 76.1 cm³/mol. The molecule has 1 saturated heterocycles. The van der Waals surface area contributed by atoms with Gasteiger partial charge in [-0.3, -0.25) is 0 Å².